The first kappa shape index (κ1) is 18.6. The van der Waals surface area contributed by atoms with Gasteiger partial charge in [-0.15, -0.1) is 0 Å². The van der Waals surface area contributed by atoms with Gasteiger partial charge in [0.15, 0.2) is 0 Å². The lowest BCUT2D eigenvalue weighted by atomic mass is 9.86. The fraction of sp³-hybridized carbons (Fsp3) is 0.632. The van der Waals surface area contributed by atoms with Crippen LogP contribution < -0.4 is 10.1 Å². The average molecular weight is 334 g/mol. The number of hydrogen-bond donors (Lipinski definition) is 2. The van der Waals surface area contributed by atoms with Gasteiger partial charge in [0.25, 0.3) is 0 Å². The largest absolute Gasteiger partial charge is 0.497 e. The number of benzene rings is 1. The van der Waals surface area contributed by atoms with E-state index in [9.17, 15) is 9.90 Å². The Balaban J connectivity index is 1.93. The zero-order valence-corrected chi connectivity index (χ0v) is 15.0. The molecule has 1 aromatic carbocycles. The number of urea groups is 1. The summed E-state index contributed by atoms with van der Waals surface area (Å²) in [6, 6.07) is 8.08. The summed E-state index contributed by atoms with van der Waals surface area (Å²) in [5.74, 6) is 1.22. The van der Waals surface area contributed by atoms with Gasteiger partial charge in [0.2, 0.25) is 0 Å². The maximum absolute atomic E-state index is 12.6. The van der Waals surface area contributed by atoms with Crippen molar-refractivity contribution in [3.63, 3.8) is 0 Å². The van der Waals surface area contributed by atoms with Gasteiger partial charge < -0.3 is 20.1 Å². The molecule has 1 aliphatic carbocycles. The van der Waals surface area contributed by atoms with E-state index < -0.39 is 0 Å². The molecule has 0 aromatic heterocycles. The average Bonchev–Trinajstić information content (AvgIpc) is 2.65. The van der Waals surface area contributed by atoms with Gasteiger partial charge >= 0.3 is 6.03 Å². The molecule has 1 unspecified atom stereocenters. The summed E-state index contributed by atoms with van der Waals surface area (Å²) in [5.41, 5.74) is 1.09. The van der Waals surface area contributed by atoms with E-state index in [-0.39, 0.29) is 24.7 Å². The molecule has 1 aromatic rings. The van der Waals surface area contributed by atoms with Crippen LogP contribution in [0.5, 0.6) is 5.75 Å². The lowest BCUT2D eigenvalue weighted by Crippen LogP contribution is -2.46. The molecule has 2 amide bonds. The Kier molecular flexibility index (Phi) is 6.91. The van der Waals surface area contributed by atoms with Crippen LogP contribution in [0.2, 0.25) is 0 Å². The first-order valence-corrected chi connectivity index (χ1v) is 8.87. The van der Waals surface area contributed by atoms with Crippen LogP contribution in [0.15, 0.2) is 24.3 Å². The van der Waals surface area contributed by atoms with Gasteiger partial charge in [-0.25, -0.2) is 4.79 Å². The van der Waals surface area contributed by atoms with Crippen LogP contribution in [-0.2, 0) is 0 Å². The molecule has 5 heteroatoms. The fourth-order valence-corrected chi connectivity index (χ4v) is 3.39. The van der Waals surface area contributed by atoms with Crippen LogP contribution in [0.3, 0.4) is 0 Å². The number of carbonyl (C=O) groups is 1. The van der Waals surface area contributed by atoms with E-state index in [0.29, 0.717) is 5.92 Å². The summed E-state index contributed by atoms with van der Waals surface area (Å²) >= 11 is 0. The van der Waals surface area contributed by atoms with Gasteiger partial charge in [-0.2, -0.15) is 0 Å². The monoisotopic (exact) mass is 334 g/mol. The Hall–Kier alpha value is -1.75. The number of ether oxygens (including phenoxy) is 1. The molecule has 0 radical (unpaired) electrons. The highest BCUT2D eigenvalue weighted by molar-refractivity contribution is 5.74. The molecule has 0 aliphatic heterocycles. The zero-order chi connectivity index (χ0) is 17.5. The van der Waals surface area contributed by atoms with Crippen molar-refractivity contribution in [2.45, 2.75) is 51.1 Å². The number of aliphatic hydroxyl groups is 1. The van der Waals surface area contributed by atoms with E-state index in [0.717, 1.165) is 43.4 Å². The predicted octanol–water partition coefficient (Wildman–Crippen LogP) is 3.34. The molecule has 1 fully saturated rings. The quantitative estimate of drug-likeness (QED) is 0.839. The number of methoxy groups -OCH3 is 1. The van der Waals surface area contributed by atoms with Crippen molar-refractivity contribution >= 4 is 6.03 Å². The maximum Gasteiger partial charge on any atom is 0.317 e. The van der Waals surface area contributed by atoms with Crippen molar-refractivity contribution < 1.29 is 14.6 Å². The number of carbonyl (C=O) groups excluding carboxylic acids is 1. The second-order valence-electron chi connectivity index (χ2n) is 6.65. The molecular formula is C19H30N2O3. The highest BCUT2D eigenvalue weighted by Crippen LogP contribution is 2.27. The maximum atomic E-state index is 12.6. The van der Waals surface area contributed by atoms with Gasteiger partial charge in [-0.1, -0.05) is 19.1 Å². The Morgan fingerprint density at radius 1 is 1.29 bits per heavy atom. The van der Waals surface area contributed by atoms with Crippen molar-refractivity contribution in [3.05, 3.63) is 29.8 Å². The van der Waals surface area contributed by atoms with Gasteiger partial charge in [0.05, 0.1) is 13.2 Å². The summed E-state index contributed by atoms with van der Waals surface area (Å²) in [4.78, 5) is 14.4. The van der Waals surface area contributed by atoms with E-state index in [1.807, 2.05) is 36.2 Å². The lowest BCUT2D eigenvalue weighted by Gasteiger charge is -2.35. The van der Waals surface area contributed by atoms with E-state index >= 15 is 0 Å². The van der Waals surface area contributed by atoms with Crippen LogP contribution >= 0.6 is 0 Å². The highest BCUT2D eigenvalue weighted by Gasteiger charge is 2.27. The Labute approximate surface area is 145 Å². The molecule has 1 aliphatic rings. The molecule has 0 bridgehead atoms. The molecule has 2 rings (SSSR count). The van der Waals surface area contributed by atoms with Gasteiger partial charge in [-0.05, 0) is 55.7 Å². The number of hydrogen-bond acceptors (Lipinski definition) is 3. The summed E-state index contributed by atoms with van der Waals surface area (Å²) in [5, 5.41) is 12.4. The van der Waals surface area contributed by atoms with Crippen LogP contribution in [0.25, 0.3) is 0 Å². The van der Waals surface area contributed by atoms with Gasteiger partial charge in [-0.3, -0.25) is 0 Å². The van der Waals surface area contributed by atoms with E-state index in [1.54, 1.807) is 7.11 Å². The van der Waals surface area contributed by atoms with Crippen LogP contribution in [0, 0.1) is 5.92 Å². The Bertz CT molecular complexity index is 510. The van der Waals surface area contributed by atoms with Crippen molar-refractivity contribution in [2.75, 3.05) is 20.8 Å². The molecule has 24 heavy (non-hydrogen) atoms. The molecule has 0 saturated heterocycles. The smallest absolute Gasteiger partial charge is 0.317 e. The molecule has 0 spiro atoms. The SMILES string of the molecule is CCC(NC(=O)N(C)C1CCC(CO)CC1)c1ccc(OC)cc1. The van der Waals surface area contributed by atoms with Crippen LogP contribution in [-0.4, -0.2) is 42.8 Å². The third kappa shape index (κ3) is 4.63. The number of nitrogens with one attached hydrogen (secondary N) is 1. The Morgan fingerprint density at radius 3 is 2.42 bits per heavy atom. The van der Waals surface area contributed by atoms with E-state index in [4.69, 9.17) is 4.74 Å². The number of rotatable bonds is 6. The first-order chi connectivity index (χ1) is 11.6. The van der Waals surface area contributed by atoms with E-state index in [2.05, 4.69) is 12.2 Å². The molecule has 134 valence electrons. The number of nitrogens with zero attached hydrogens (tertiary/aromatic N) is 1. The molecule has 2 N–H and O–H groups in total. The highest BCUT2D eigenvalue weighted by atomic mass is 16.5. The minimum Gasteiger partial charge on any atom is -0.497 e. The fourth-order valence-electron chi connectivity index (χ4n) is 3.39. The van der Waals surface area contributed by atoms with Crippen molar-refractivity contribution in [1.82, 2.24) is 10.2 Å². The van der Waals surface area contributed by atoms with Crippen molar-refractivity contribution in [2.24, 2.45) is 5.92 Å². The normalized spacial score (nSPS) is 21.8. The van der Waals surface area contributed by atoms with E-state index in [1.165, 1.54) is 0 Å². The standard InChI is InChI=1S/C19H30N2O3/c1-4-18(15-7-11-17(24-3)12-8-15)20-19(23)21(2)16-9-5-14(13-22)6-10-16/h7-8,11-12,14,16,18,22H,4-6,9-10,13H2,1-3H3,(H,20,23). The van der Waals surface area contributed by atoms with Gasteiger partial charge in [0, 0.05) is 19.7 Å². The molecule has 1 atom stereocenters. The summed E-state index contributed by atoms with van der Waals surface area (Å²) < 4.78 is 5.19. The van der Waals surface area contributed by atoms with Crippen molar-refractivity contribution in [1.29, 1.82) is 0 Å². The third-order valence-electron chi connectivity index (χ3n) is 5.17. The topological polar surface area (TPSA) is 61.8 Å². The number of aliphatic hydroxyl groups excluding tert-OH is 1. The molecular weight excluding hydrogens is 304 g/mol. The van der Waals surface area contributed by atoms with Gasteiger partial charge in [0.1, 0.15) is 5.75 Å². The number of amides is 2. The van der Waals surface area contributed by atoms with Crippen LogP contribution in [0.1, 0.15) is 50.6 Å². The van der Waals surface area contributed by atoms with Crippen molar-refractivity contribution in [3.8, 4) is 5.75 Å². The first-order valence-electron chi connectivity index (χ1n) is 8.87. The summed E-state index contributed by atoms with van der Waals surface area (Å²) in [6.07, 6.45) is 4.76. The third-order valence-corrected chi connectivity index (χ3v) is 5.17. The second-order valence-corrected chi connectivity index (χ2v) is 6.65. The molecule has 1 saturated carbocycles. The summed E-state index contributed by atoms with van der Waals surface area (Å²) in [6.45, 7) is 2.33. The molecule has 0 heterocycles. The lowest BCUT2D eigenvalue weighted by molar-refractivity contribution is 0.132. The zero-order valence-electron chi connectivity index (χ0n) is 15.0. The summed E-state index contributed by atoms with van der Waals surface area (Å²) in [7, 11) is 3.52. The Morgan fingerprint density at radius 2 is 1.92 bits per heavy atom. The minimum absolute atomic E-state index is 0.000336. The predicted molar refractivity (Wildman–Crippen MR) is 95.2 cm³/mol. The molecule has 5 nitrogen and oxygen atoms in total. The second kappa shape index (κ2) is 8.92. The minimum atomic E-state index is -0.0230. The van der Waals surface area contributed by atoms with Crippen LogP contribution in [0.4, 0.5) is 4.79 Å².